The molecule has 2 N–H and O–H groups in total. The Hall–Kier alpha value is -1.32. The molecule has 0 bridgehead atoms. The maximum atomic E-state index is 13.6. The summed E-state index contributed by atoms with van der Waals surface area (Å²) in [7, 11) is 0. The maximum Gasteiger partial charge on any atom is 0.136 e. The largest absolute Gasteiger partial charge is 0.323 e. The Morgan fingerprint density at radius 3 is 2.30 bits per heavy atom. The molecule has 1 nitrogen and oxygen atoms in total. The van der Waals surface area contributed by atoms with Crippen LogP contribution >= 0.6 is 11.8 Å². The van der Waals surface area contributed by atoms with Crippen LogP contribution in [0.4, 0.5) is 4.39 Å². The minimum absolute atomic E-state index is 0.0831. The first kappa shape index (κ1) is 15.1. The van der Waals surface area contributed by atoms with Gasteiger partial charge in [0.05, 0.1) is 0 Å². The number of hydrogen-bond donors (Lipinski definition) is 1. The van der Waals surface area contributed by atoms with Crippen molar-refractivity contribution in [1.29, 1.82) is 0 Å². The number of hydrogen-bond acceptors (Lipinski definition) is 2. The van der Waals surface area contributed by atoms with Gasteiger partial charge in [0.15, 0.2) is 0 Å². The molecule has 0 spiro atoms. The van der Waals surface area contributed by atoms with Gasteiger partial charge in [-0.1, -0.05) is 29.8 Å². The highest BCUT2D eigenvalue weighted by molar-refractivity contribution is 7.99. The van der Waals surface area contributed by atoms with Gasteiger partial charge in [0.25, 0.3) is 0 Å². The van der Waals surface area contributed by atoms with E-state index in [2.05, 4.69) is 32.9 Å². The van der Waals surface area contributed by atoms with Gasteiger partial charge in [0.1, 0.15) is 5.82 Å². The second-order valence-corrected chi connectivity index (χ2v) is 6.22. The zero-order valence-corrected chi connectivity index (χ0v) is 12.9. The van der Waals surface area contributed by atoms with Crippen molar-refractivity contribution in [3.8, 4) is 0 Å². The summed E-state index contributed by atoms with van der Waals surface area (Å²) >= 11 is 1.47. The van der Waals surface area contributed by atoms with Gasteiger partial charge in [-0.05, 0) is 49.6 Å². The minimum atomic E-state index is -0.179. The van der Waals surface area contributed by atoms with E-state index in [-0.39, 0.29) is 11.9 Å². The van der Waals surface area contributed by atoms with Gasteiger partial charge in [0.2, 0.25) is 0 Å². The fraction of sp³-hybridized carbons (Fsp3) is 0.294. The highest BCUT2D eigenvalue weighted by Crippen LogP contribution is 2.29. The van der Waals surface area contributed by atoms with Crippen LogP contribution in [0, 0.1) is 26.6 Å². The first-order valence-corrected chi connectivity index (χ1v) is 7.68. The summed E-state index contributed by atoms with van der Waals surface area (Å²) in [5.41, 5.74) is 11.2. The predicted molar refractivity (Wildman–Crippen MR) is 84.7 cm³/mol. The Morgan fingerprint density at radius 2 is 1.70 bits per heavy atom. The lowest BCUT2D eigenvalue weighted by molar-refractivity contribution is 0.601. The third-order valence-corrected chi connectivity index (χ3v) is 4.53. The first-order valence-electron chi connectivity index (χ1n) is 6.69. The zero-order chi connectivity index (χ0) is 14.7. The van der Waals surface area contributed by atoms with E-state index in [1.54, 1.807) is 12.1 Å². The number of halogens is 1. The Morgan fingerprint density at radius 1 is 1.10 bits per heavy atom. The van der Waals surface area contributed by atoms with E-state index in [0.717, 1.165) is 0 Å². The molecule has 0 aliphatic carbocycles. The van der Waals surface area contributed by atoms with Gasteiger partial charge in [-0.15, -0.1) is 11.8 Å². The quantitative estimate of drug-likeness (QED) is 0.836. The second kappa shape index (κ2) is 6.42. The summed E-state index contributed by atoms with van der Waals surface area (Å²) < 4.78 is 13.6. The van der Waals surface area contributed by atoms with Crippen molar-refractivity contribution in [2.24, 2.45) is 5.73 Å². The van der Waals surface area contributed by atoms with Crippen molar-refractivity contribution in [1.82, 2.24) is 0 Å². The molecular formula is C17H20FNS. The highest BCUT2D eigenvalue weighted by Gasteiger charge is 2.13. The fourth-order valence-electron chi connectivity index (χ4n) is 2.60. The molecule has 0 saturated carbocycles. The van der Waals surface area contributed by atoms with E-state index in [0.29, 0.717) is 10.6 Å². The maximum absolute atomic E-state index is 13.6. The van der Waals surface area contributed by atoms with Crippen molar-refractivity contribution in [3.63, 3.8) is 0 Å². The van der Waals surface area contributed by atoms with Crippen LogP contribution in [0.1, 0.15) is 28.3 Å². The molecule has 20 heavy (non-hydrogen) atoms. The van der Waals surface area contributed by atoms with Crippen LogP contribution in [0.3, 0.4) is 0 Å². The van der Waals surface area contributed by atoms with E-state index in [1.165, 1.54) is 40.1 Å². The van der Waals surface area contributed by atoms with Gasteiger partial charge in [-0.25, -0.2) is 4.39 Å². The van der Waals surface area contributed by atoms with Crippen LogP contribution in [0.25, 0.3) is 0 Å². The highest BCUT2D eigenvalue weighted by atomic mass is 32.2. The average molecular weight is 289 g/mol. The number of benzene rings is 2. The Bertz CT molecular complexity index is 587. The minimum Gasteiger partial charge on any atom is -0.323 e. The van der Waals surface area contributed by atoms with Crippen LogP contribution in [0.5, 0.6) is 0 Å². The smallest absolute Gasteiger partial charge is 0.136 e. The molecule has 0 aliphatic rings. The van der Waals surface area contributed by atoms with Crippen molar-refractivity contribution in [3.05, 3.63) is 64.5 Å². The molecule has 0 saturated heterocycles. The predicted octanol–water partition coefficient (Wildman–Crippen LogP) is 4.54. The number of nitrogens with two attached hydrogens (primary N) is 1. The first-order chi connectivity index (χ1) is 9.49. The lowest BCUT2D eigenvalue weighted by Crippen LogP contribution is -2.16. The van der Waals surface area contributed by atoms with E-state index >= 15 is 0 Å². The third kappa shape index (κ3) is 3.41. The summed E-state index contributed by atoms with van der Waals surface area (Å²) in [6, 6.07) is 11.0. The molecule has 0 aliphatic heterocycles. The Labute approximate surface area is 124 Å². The number of rotatable bonds is 4. The van der Waals surface area contributed by atoms with Gasteiger partial charge in [-0.3, -0.25) is 0 Å². The third-order valence-electron chi connectivity index (χ3n) is 3.36. The number of aryl methyl sites for hydroxylation is 3. The van der Waals surface area contributed by atoms with E-state index in [9.17, 15) is 4.39 Å². The molecule has 0 fully saturated rings. The standard InChI is InChI=1S/C17H20FNS/c1-11-8-12(2)17(13(3)9-11)15(19)10-20-16-7-5-4-6-14(16)18/h4-9,15H,10,19H2,1-3H3. The molecule has 2 aromatic carbocycles. The molecule has 3 heteroatoms. The molecular weight excluding hydrogens is 269 g/mol. The molecule has 2 aromatic rings. The van der Waals surface area contributed by atoms with Crippen LogP contribution in [-0.4, -0.2) is 5.75 Å². The fourth-order valence-corrected chi connectivity index (χ4v) is 3.51. The molecule has 2 rings (SSSR count). The summed E-state index contributed by atoms with van der Waals surface area (Å²) in [6.07, 6.45) is 0. The summed E-state index contributed by atoms with van der Waals surface area (Å²) in [5.74, 6) is 0.494. The normalized spacial score (nSPS) is 12.4. The SMILES string of the molecule is Cc1cc(C)c(C(N)CSc2ccccc2F)c(C)c1. The molecule has 0 heterocycles. The topological polar surface area (TPSA) is 26.0 Å². The van der Waals surface area contributed by atoms with Crippen molar-refractivity contribution in [2.75, 3.05) is 5.75 Å². The van der Waals surface area contributed by atoms with Gasteiger partial charge in [0, 0.05) is 16.7 Å². The average Bonchev–Trinajstić information content (AvgIpc) is 2.36. The summed E-state index contributed by atoms with van der Waals surface area (Å²) in [6.45, 7) is 6.26. The van der Waals surface area contributed by atoms with Crippen molar-refractivity contribution >= 4 is 11.8 Å². The van der Waals surface area contributed by atoms with E-state index < -0.39 is 0 Å². The van der Waals surface area contributed by atoms with Crippen LogP contribution in [0.2, 0.25) is 0 Å². The van der Waals surface area contributed by atoms with Gasteiger partial charge >= 0.3 is 0 Å². The Balaban J connectivity index is 2.13. The monoisotopic (exact) mass is 289 g/mol. The lowest BCUT2D eigenvalue weighted by atomic mass is 9.95. The zero-order valence-electron chi connectivity index (χ0n) is 12.1. The molecule has 0 radical (unpaired) electrons. The van der Waals surface area contributed by atoms with Crippen molar-refractivity contribution < 1.29 is 4.39 Å². The van der Waals surface area contributed by atoms with Crippen molar-refractivity contribution in [2.45, 2.75) is 31.7 Å². The van der Waals surface area contributed by atoms with Crippen LogP contribution in [0.15, 0.2) is 41.3 Å². The van der Waals surface area contributed by atoms with Gasteiger partial charge in [-0.2, -0.15) is 0 Å². The summed E-state index contributed by atoms with van der Waals surface area (Å²) in [5, 5.41) is 0. The van der Waals surface area contributed by atoms with Crippen LogP contribution < -0.4 is 5.73 Å². The molecule has 1 unspecified atom stereocenters. The number of thioether (sulfide) groups is 1. The molecule has 0 aromatic heterocycles. The van der Waals surface area contributed by atoms with Gasteiger partial charge < -0.3 is 5.73 Å². The van der Waals surface area contributed by atoms with E-state index in [4.69, 9.17) is 5.73 Å². The van der Waals surface area contributed by atoms with E-state index in [1.807, 2.05) is 6.07 Å². The lowest BCUT2D eigenvalue weighted by Gasteiger charge is -2.18. The molecule has 1 atom stereocenters. The molecule has 106 valence electrons. The van der Waals surface area contributed by atoms with Crippen LogP contribution in [-0.2, 0) is 0 Å². The summed E-state index contributed by atoms with van der Waals surface area (Å²) in [4.78, 5) is 0.658. The molecule has 0 amide bonds. The Kier molecular flexibility index (Phi) is 4.84. The second-order valence-electron chi connectivity index (χ2n) is 5.16.